The van der Waals surface area contributed by atoms with Gasteiger partial charge in [-0.3, -0.25) is 19.3 Å². The van der Waals surface area contributed by atoms with E-state index in [-0.39, 0.29) is 30.6 Å². The second-order valence-electron chi connectivity index (χ2n) is 6.68. The van der Waals surface area contributed by atoms with Crippen LogP contribution in [0.5, 0.6) is 0 Å². The molecule has 2 aromatic carbocycles. The van der Waals surface area contributed by atoms with Gasteiger partial charge in [-0.2, -0.15) is 0 Å². The molecule has 0 aromatic heterocycles. The molecule has 1 saturated heterocycles. The third-order valence-electron chi connectivity index (χ3n) is 4.39. The fourth-order valence-electron chi connectivity index (χ4n) is 2.73. The van der Waals surface area contributed by atoms with E-state index in [0.29, 0.717) is 20.5 Å². The number of nitrogens with one attached hydrogen (secondary N) is 1. The smallest absolute Gasteiger partial charge is 0.266 e. The van der Waals surface area contributed by atoms with Crippen LogP contribution in [0.2, 0.25) is 0 Å². The first kappa shape index (κ1) is 21.0. The third-order valence-corrected chi connectivity index (χ3v) is 5.76. The van der Waals surface area contributed by atoms with Gasteiger partial charge in [-0.15, -0.1) is 0 Å². The summed E-state index contributed by atoms with van der Waals surface area (Å²) in [5.41, 5.74) is 3.27. The summed E-state index contributed by atoms with van der Waals surface area (Å²) in [6, 6.07) is 14.6. The normalized spacial score (nSPS) is 15.1. The standard InChI is InChI=1S/C22H20N2O3S2/c1-14-3-5-16(6-4-14)13-19-21(27)24(22(28)29-19)12-11-20(26)23-18-9-7-17(8-10-18)15(2)25/h3-10,13H,11-12H2,1-2H3,(H,23,26). The van der Waals surface area contributed by atoms with Crippen LogP contribution in [0.4, 0.5) is 5.69 Å². The van der Waals surface area contributed by atoms with Gasteiger partial charge in [0.25, 0.3) is 5.91 Å². The average molecular weight is 425 g/mol. The number of thiocarbonyl (C=S) groups is 1. The van der Waals surface area contributed by atoms with E-state index in [0.717, 1.165) is 11.1 Å². The highest BCUT2D eigenvalue weighted by molar-refractivity contribution is 8.26. The lowest BCUT2D eigenvalue weighted by Crippen LogP contribution is -2.31. The second kappa shape index (κ2) is 9.15. The van der Waals surface area contributed by atoms with Gasteiger partial charge in [0, 0.05) is 24.2 Å². The number of hydrogen-bond donors (Lipinski definition) is 1. The summed E-state index contributed by atoms with van der Waals surface area (Å²) < 4.78 is 0.451. The number of aryl methyl sites for hydroxylation is 1. The van der Waals surface area contributed by atoms with E-state index in [1.807, 2.05) is 37.3 Å². The monoisotopic (exact) mass is 424 g/mol. The van der Waals surface area contributed by atoms with Gasteiger partial charge < -0.3 is 5.32 Å². The number of ketones is 1. The number of amides is 2. The Labute approximate surface area is 179 Å². The molecule has 0 atom stereocenters. The minimum atomic E-state index is -0.225. The lowest BCUT2D eigenvalue weighted by Gasteiger charge is -2.14. The maximum Gasteiger partial charge on any atom is 0.266 e. The zero-order valence-corrected chi connectivity index (χ0v) is 17.7. The van der Waals surface area contributed by atoms with Crippen LogP contribution in [0.1, 0.15) is 34.8 Å². The molecule has 1 heterocycles. The Morgan fingerprint density at radius 2 is 1.76 bits per heavy atom. The highest BCUT2D eigenvalue weighted by Gasteiger charge is 2.32. The average Bonchev–Trinajstić information content (AvgIpc) is 2.95. The van der Waals surface area contributed by atoms with Gasteiger partial charge in [0.15, 0.2) is 5.78 Å². The first-order valence-corrected chi connectivity index (χ1v) is 10.3. The molecule has 0 unspecified atom stereocenters. The highest BCUT2D eigenvalue weighted by atomic mass is 32.2. The number of hydrogen-bond acceptors (Lipinski definition) is 5. The Balaban J connectivity index is 1.57. The Bertz CT molecular complexity index is 996. The zero-order valence-electron chi connectivity index (χ0n) is 16.1. The lowest BCUT2D eigenvalue weighted by atomic mass is 10.1. The van der Waals surface area contributed by atoms with Crippen LogP contribution in [0.15, 0.2) is 53.4 Å². The topological polar surface area (TPSA) is 66.5 Å². The fourth-order valence-corrected chi connectivity index (χ4v) is 4.04. The lowest BCUT2D eigenvalue weighted by molar-refractivity contribution is -0.122. The van der Waals surface area contributed by atoms with Crippen LogP contribution in [0, 0.1) is 6.92 Å². The van der Waals surface area contributed by atoms with E-state index < -0.39 is 0 Å². The summed E-state index contributed by atoms with van der Waals surface area (Å²) in [7, 11) is 0. The van der Waals surface area contributed by atoms with Gasteiger partial charge in [-0.1, -0.05) is 53.8 Å². The van der Waals surface area contributed by atoms with E-state index in [4.69, 9.17) is 12.2 Å². The summed E-state index contributed by atoms with van der Waals surface area (Å²) in [6.45, 7) is 3.71. The molecule has 0 saturated carbocycles. The van der Waals surface area contributed by atoms with E-state index in [2.05, 4.69) is 5.32 Å². The molecule has 5 nitrogen and oxygen atoms in total. The maximum atomic E-state index is 12.6. The summed E-state index contributed by atoms with van der Waals surface area (Å²) in [5.74, 6) is -0.438. The number of nitrogens with zero attached hydrogens (tertiary/aromatic N) is 1. The largest absolute Gasteiger partial charge is 0.326 e. The predicted octanol–water partition coefficient (Wildman–Crippen LogP) is 4.43. The van der Waals surface area contributed by atoms with Crippen LogP contribution in [0.25, 0.3) is 6.08 Å². The number of anilines is 1. The van der Waals surface area contributed by atoms with Crippen LogP contribution in [-0.4, -0.2) is 33.4 Å². The van der Waals surface area contributed by atoms with Crippen molar-refractivity contribution in [3.8, 4) is 0 Å². The maximum absolute atomic E-state index is 12.6. The number of benzene rings is 2. The van der Waals surface area contributed by atoms with Gasteiger partial charge >= 0.3 is 0 Å². The second-order valence-corrected chi connectivity index (χ2v) is 8.35. The van der Waals surface area contributed by atoms with Crippen LogP contribution in [-0.2, 0) is 9.59 Å². The van der Waals surface area contributed by atoms with Gasteiger partial charge in [-0.05, 0) is 49.8 Å². The van der Waals surface area contributed by atoms with E-state index in [1.165, 1.54) is 23.6 Å². The molecular weight excluding hydrogens is 404 g/mol. The Hall–Kier alpha value is -2.77. The number of rotatable bonds is 6. The Morgan fingerprint density at radius 3 is 2.38 bits per heavy atom. The molecular formula is C22H20N2O3S2. The van der Waals surface area contributed by atoms with Crippen molar-refractivity contribution in [2.24, 2.45) is 0 Å². The summed E-state index contributed by atoms with van der Waals surface area (Å²) in [6.07, 6.45) is 1.94. The molecule has 1 aliphatic heterocycles. The van der Waals surface area contributed by atoms with Gasteiger partial charge in [0.05, 0.1) is 4.91 Å². The molecule has 7 heteroatoms. The molecule has 2 aromatic rings. The molecule has 1 fully saturated rings. The van der Waals surface area contributed by atoms with Crippen molar-refractivity contribution >= 4 is 57.7 Å². The number of carbonyl (C=O) groups is 3. The Kier molecular flexibility index (Phi) is 6.61. The molecule has 0 bridgehead atoms. The van der Waals surface area contributed by atoms with Gasteiger partial charge in [-0.25, -0.2) is 0 Å². The van der Waals surface area contributed by atoms with Crippen molar-refractivity contribution in [3.05, 3.63) is 70.1 Å². The SMILES string of the molecule is CC(=O)c1ccc(NC(=O)CCN2C(=O)C(=Cc3ccc(C)cc3)SC2=S)cc1. The van der Waals surface area contributed by atoms with Crippen LogP contribution in [0.3, 0.4) is 0 Å². The minimum absolute atomic E-state index is 0.0315. The van der Waals surface area contributed by atoms with Gasteiger partial charge in [0.1, 0.15) is 4.32 Å². The first-order valence-electron chi connectivity index (χ1n) is 9.06. The molecule has 0 radical (unpaired) electrons. The number of Topliss-reactive ketones (excluding diaryl/α,β-unsaturated/α-hetero) is 1. The quantitative estimate of drug-likeness (QED) is 0.422. The van der Waals surface area contributed by atoms with E-state index >= 15 is 0 Å². The zero-order chi connectivity index (χ0) is 21.0. The number of carbonyl (C=O) groups excluding carboxylic acids is 3. The summed E-state index contributed by atoms with van der Waals surface area (Å²) >= 11 is 6.56. The molecule has 1 aliphatic rings. The molecule has 29 heavy (non-hydrogen) atoms. The molecule has 3 rings (SSSR count). The summed E-state index contributed by atoms with van der Waals surface area (Å²) in [4.78, 5) is 38.2. The predicted molar refractivity (Wildman–Crippen MR) is 121 cm³/mol. The third kappa shape index (κ3) is 5.40. The van der Waals surface area contributed by atoms with Crippen LogP contribution < -0.4 is 5.32 Å². The molecule has 2 amide bonds. The molecule has 1 N–H and O–H groups in total. The van der Waals surface area contributed by atoms with Crippen molar-refractivity contribution in [3.63, 3.8) is 0 Å². The Morgan fingerprint density at radius 1 is 1.10 bits per heavy atom. The van der Waals surface area contributed by atoms with Crippen LogP contribution >= 0.6 is 24.0 Å². The van der Waals surface area contributed by atoms with Gasteiger partial charge in [0.2, 0.25) is 5.91 Å². The van der Waals surface area contributed by atoms with Crippen molar-refractivity contribution in [2.75, 3.05) is 11.9 Å². The minimum Gasteiger partial charge on any atom is -0.326 e. The number of thioether (sulfide) groups is 1. The van der Waals surface area contributed by atoms with Crippen molar-refractivity contribution in [2.45, 2.75) is 20.3 Å². The fraction of sp³-hybridized carbons (Fsp3) is 0.182. The molecule has 148 valence electrons. The summed E-state index contributed by atoms with van der Waals surface area (Å²) in [5, 5.41) is 2.77. The molecule has 0 spiro atoms. The highest BCUT2D eigenvalue weighted by Crippen LogP contribution is 2.32. The first-order chi connectivity index (χ1) is 13.8. The molecule has 0 aliphatic carbocycles. The van der Waals surface area contributed by atoms with Crippen molar-refractivity contribution < 1.29 is 14.4 Å². The van der Waals surface area contributed by atoms with Crippen molar-refractivity contribution in [1.29, 1.82) is 0 Å². The van der Waals surface area contributed by atoms with Crippen molar-refractivity contribution in [1.82, 2.24) is 4.90 Å². The van der Waals surface area contributed by atoms with E-state index in [9.17, 15) is 14.4 Å². The van der Waals surface area contributed by atoms with E-state index in [1.54, 1.807) is 24.3 Å².